The number of carboxylic acids is 2. The third-order valence-corrected chi connectivity index (χ3v) is 6.00. The van der Waals surface area contributed by atoms with Crippen molar-refractivity contribution in [1.29, 1.82) is 0 Å². The standard InChI is InChI=1S/C20H24BrN5O.2C2HF3O2/c1-25(2)16-7-8-26(13-16)9-10-27-17-5-3-14(4-6-17)19-23-18-11-15(21)12-22-20(18)24-19;2*3-2(4,5)1(6)7/h3-6,11-12,16H,7-10,13H2,1-2H3,(H,22,23,24);2*(H,6,7). The maximum Gasteiger partial charge on any atom is 0.490 e. The van der Waals surface area contributed by atoms with Gasteiger partial charge in [-0.25, -0.2) is 19.6 Å². The second-order valence-electron chi connectivity index (χ2n) is 8.79. The van der Waals surface area contributed by atoms with Crippen molar-refractivity contribution in [1.82, 2.24) is 24.8 Å². The fourth-order valence-corrected chi connectivity index (χ4v) is 3.77. The number of benzene rings is 1. The van der Waals surface area contributed by atoms with E-state index in [1.807, 2.05) is 30.3 Å². The van der Waals surface area contributed by atoms with Crippen LogP contribution in [-0.2, 0) is 9.59 Å². The van der Waals surface area contributed by atoms with Gasteiger partial charge in [0.2, 0.25) is 0 Å². The number of carboxylic acid groups (broad SMARTS) is 2. The number of nitrogens with one attached hydrogen (secondary N) is 1. The third kappa shape index (κ3) is 11.2. The summed E-state index contributed by atoms with van der Waals surface area (Å²) in [6, 6.07) is 10.7. The van der Waals surface area contributed by atoms with E-state index in [2.05, 4.69) is 54.8 Å². The van der Waals surface area contributed by atoms with Crippen LogP contribution >= 0.6 is 15.9 Å². The van der Waals surface area contributed by atoms with Gasteiger partial charge in [0.25, 0.3) is 0 Å². The summed E-state index contributed by atoms with van der Waals surface area (Å²) in [5.74, 6) is -3.81. The highest BCUT2D eigenvalue weighted by Crippen LogP contribution is 2.24. The minimum absolute atomic E-state index is 0.670. The SMILES string of the molecule is CN(C)C1CCN(CCOc2ccc(-c3nc4cc(Br)cnc4[nH]3)cc2)C1.O=C(O)C(F)(F)F.O=C(O)C(F)(F)F. The summed E-state index contributed by atoms with van der Waals surface area (Å²) in [6.45, 7) is 3.96. The van der Waals surface area contributed by atoms with E-state index in [1.165, 1.54) is 6.42 Å². The molecular formula is C24H26BrF6N5O5. The molecule has 1 atom stereocenters. The molecule has 3 N–H and O–H groups in total. The molecule has 41 heavy (non-hydrogen) atoms. The monoisotopic (exact) mass is 657 g/mol. The molecule has 0 radical (unpaired) electrons. The first-order valence-electron chi connectivity index (χ1n) is 11.7. The van der Waals surface area contributed by atoms with Crippen LogP contribution in [-0.4, -0.2) is 106 Å². The van der Waals surface area contributed by atoms with Gasteiger partial charge in [-0.15, -0.1) is 0 Å². The zero-order chi connectivity index (χ0) is 31.0. The van der Waals surface area contributed by atoms with Crippen molar-refractivity contribution < 1.29 is 50.9 Å². The maximum absolute atomic E-state index is 10.6. The summed E-state index contributed by atoms with van der Waals surface area (Å²) in [4.78, 5) is 34.8. The van der Waals surface area contributed by atoms with Crippen molar-refractivity contribution in [3.8, 4) is 17.1 Å². The zero-order valence-corrected chi connectivity index (χ0v) is 23.2. The zero-order valence-electron chi connectivity index (χ0n) is 21.6. The average molecular weight is 658 g/mol. The summed E-state index contributed by atoms with van der Waals surface area (Å²) in [7, 11) is 4.31. The van der Waals surface area contributed by atoms with Gasteiger partial charge in [0.05, 0.1) is 0 Å². The number of ether oxygens (including phenoxy) is 1. The lowest BCUT2D eigenvalue weighted by Crippen LogP contribution is -2.33. The number of nitrogens with zero attached hydrogens (tertiary/aromatic N) is 4. The molecule has 0 bridgehead atoms. The molecule has 4 rings (SSSR count). The molecule has 1 unspecified atom stereocenters. The number of rotatable bonds is 6. The van der Waals surface area contributed by atoms with Crippen molar-refractivity contribution in [2.45, 2.75) is 24.8 Å². The van der Waals surface area contributed by atoms with Crippen molar-refractivity contribution in [3.63, 3.8) is 0 Å². The van der Waals surface area contributed by atoms with Gasteiger partial charge in [-0.2, -0.15) is 26.3 Å². The molecule has 1 fully saturated rings. The number of imidazole rings is 1. The number of likely N-dealkylation sites (tertiary alicyclic amines) is 1. The first-order valence-corrected chi connectivity index (χ1v) is 12.5. The minimum atomic E-state index is -5.08. The van der Waals surface area contributed by atoms with Crippen molar-refractivity contribution in [3.05, 3.63) is 41.0 Å². The van der Waals surface area contributed by atoms with Crippen LogP contribution in [0.15, 0.2) is 41.0 Å². The Labute approximate surface area is 238 Å². The molecule has 0 saturated carbocycles. The first kappa shape index (κ1) is 33.8. The highest BCUT2D eigenvalue weighted by molar-refractivity contribution is 9.10. The van der Waals surface area contributed by atoms with E-state index in [-0.39, 0.29) is 0 Å². The molecule has 0 aliphatic carbocycles. The van der Waals surface area contributed by atoms with E-state index in [1.54, 1.807) is 6.20 Å². The Bertz CT molecular complexity index is 1280. The fraction of sp³-hybridized carbons (Fsp3) is 0.417. The summed E-state index contributed by atoms with van der Waals surface area (Å²) < 4.78 is 70.3. The van der Waals surface area contributed by atoms with Crippen LogP contribution in [0, 0.1) is 0 Å². The molecule has 0 amide bonds. The number of likely N-dealkylation sites (N-methyl/N-ethyl adjacent to an activating group) is 1. The summed E-state index contributed by atoms with van der Waals surface area (Å²) in [5.41, 5.74) is 2.65. The third-order valence-electron chi connectivity index (χ3n) is 5.57. The number of halogens is 7. The van der Waals surface area contributed by atoms with E-state index in [0.29, 0.717) is 12.6 Å². The smallest absolute Gasteiger partial charge is 0.490 e. The van der Waals surface area contributed by atoms with E-state index < -0.39 is 24.3 Å². The van der Waals surface area contributed by atoms with Gasteiger partial charge in [-0.3, -0.25) is 4.90 Å². The van der Waals surface area contributed by atoms with Crippen LogP contribution in [0.5, 0.6) is 5.75 Å². The van der Waals surface area contributed by atoms with Crippen LogP contribution in [0.4, 0.5) is 26.3 Å². The number of H-pyrrole nitrogens is 1. The van der Waals surface area contributed by atoms with Gasteiger partial charge in [-0.05, 0) is 73.3 Å². The van der Waals surface area contributed by atoms with Gasteiger partial charge in [-0.1, -0.05) is 0 Å². The normalized spacial score (nSPS) is 15.6. The van der Waals surface area contributed by atoms with E-state index in [0.717, 1.165) is 52.4 Å². The molecule has 1 aliphatic rings. The summed E-state index contributed by atoms with van der Waals surface area (Å²) >= 11 is 3.43. The molecule has 1 aromatic carbocycles. The highest BCUT2D eigenvalue weighted by Gasteiger charge is 2.38. The van der Waals surface area contributed by atoms with E-state index in [4.69, 9.17) is 24.5 Å². The molecule has 226 valence electrons. The van der Waals surface area contributed by atoms with Crippen LogP contribution in [0.2, 0.25) is 0 Å². The van der Waals surface area contributed by atoms with Gasteiger partial charge in [0.1, 0.15) is 23.7 Å². The second-order valence-corrected chi connectivity index (χ2v) is 9.71. The molecule has 17 heteroatoms. The first-order chi connectivity index (χ1) is 19.0. The molecular weight excluding hydrogens is 632 g/mol. The van der Waals surface area contributed by atoms with Crippen molar-refractivity contribution in [2.75, 3.05) is 40.3 Å². The van der Waals surface area contributed by atoms with E-state index >= 15 is 0 Å². The number of alkyl halides is 6. The number of fused-ring (bicyclic) bond motifs is 1. The van der Waals surface area contributed by atoms with Gasteiger partial charge in [0, 0.05) is 35.4 Å². The number of hydrogen-bond acceptors (Lipinski definition) is 7. The molecule has 0 spiro atoms. The van der Waals surface area contributed by atoms with Crippen LogP contribution in [0.3, 0.4) is 0 Å². The number of aliphatic carboxylic acids is 2. The Balaban J connectivity index is 0.000000349. The molecule has 1 saturated heterocycles. The van der Waals surface area contributed by atoms with Gasteiger partial charge < -0.3 is 24.8 Å². The molecule has 1 aliphatic heterocycles. The number of carbonyl (C=O) groups is 2. The highest BCUT2D eigenvalue weighted by atomic mass is 79.9. The van der Waals surface area contributed by atoms with Gasteiger partial charge in [0.15, 0.2) is 5.65 Å². The van der Waals surface area contributed by atoms with Gasteiger partial charge >= 0.3 is 24.3 Å². The molecule has 3 heterocycles. The van der Waals surface area contributed by atoms with E-state index in [9.17, 15) is 26.3 Å². The number of pyridine rings is 1. The number of hydrogen-bond donors (Lipinski definition) is 3. The lowest BCUT2D eigenvalue weighted by Gasteiger charge is -2.20. The Morgan fingerprint density at radius 3 is 2.15 bits per heavy atom. The Hall–Kier alpha value is -3.44. The quantitative estimate of drug-likeness (QED) is 0.324. The van der Waals surface area contributed by atoms with Crippen LogP contribution in [0.1, 0.15) is 6.42 Å². The van der Waals surface area contributed by atoms with Crippen LogP contribution < -0.4 is 4.74 Å². The topological polar surface area (TPSA) is 132 Å². The number of aromatic amines is 1. The summed E-state index contributed by atoms with van der Waals surface area (Å²) in [6.07, 6.45) is -7.16. The van der Waals surface area contributed by atoms with Crippen molar-refractivity contribution in [2.24, 2.45) is 0 Å². The van der Waals surface area contributed by atoms with Crippen molar-refractivity contribution >= 4 is 39.0 Å². The van der Waals surface area contributed by atoms with Crippen LogP contribution in [0.25, 0.3) is 22.6 Å². The summed E-state index contributed by atoms with van der Waals surface area (Å²) in [5, 5.41) is 14.2. The minimum Gasteiger partial charge on any atom is -0.492 e. The lowest BCUT2D eigenvalue weighted by atomic mass is 10.2. The number of aromatic nitrogens is 3. The Kier molecular flexibility index (Phi) is 11.9. The Morgan fingerprint density at radius 1 is 1.10 bits per heavy atom. The predicted octanol–water partition coefficient (Wildman–Crippen LogP) is 4.67. The average Bonchev–Trinajstić information content (AvgIpc) is 3.51. The molecule has 10 nitrogen and oxygen atoms in total. The molecule has 3 aromatic rings. The Morgan fingerprint density at radius 2 is 1.66 bits per heavy atom. The predicted molar refractivity (Wildman–Crippen MR) is 138 cm³/mol. The maximum atomic E-state index is 10.6. The fourth-order valence-electron chi connectivity index (χ4n) is 3.45. The second kappa shape index (κ2) is 14.5. The largest absolute Gasteiger partial charge is 0.492 e. The molecule has 2 aromatic heterocycles. The lowest BCUT2D eigenvalue weighted by molar-refractivity contribution is -0.193.